The van der Waals surface area contributed by atoms with E-state index in [1.54, 1.807) is 0 Å². The topological polar surface area (TPSA) is 0 Å². The first-order chi connectivity index (χ1) is 31.3. The van der Waals surface area contributed by atoms with Crippen molar-refractivity contribution in [2.75, 3.05) is 0 Å². The van der Waals surface area contributed by atoms with E-state index in [-0.39, 0.29) is 0 Å². The van der Waals surface area contributed by atoms with Crippen molar-refractivity contribution >= 4 is 0 Å². The van der Waals surface area contributed by atoms with Gasteiger partial charge >= 0.3 is 0 Å². The summed E-state index contributed by atoms with van der Waals surface area (Å²) >= 11 is 0. The number of rotatable bonds is 12. The molecule has 1 unspecified atom stereocenters. The first-order valence-corrected chi connectivity index (χ1v) is 27.2. The number of aryl methyl sites for hydroxylation is 1. The van der Waals surface area contributed by atoms with Crippen molar-refractivity contribution in [1.82, 2.24) is 0 Å². The summed E-state index contributed by atoms with van der Waals surface area (Å²) in [5.41, 5.74) is 12.6. The molecule has 8 rings (SSSR count). The molecule has 346 valence electrons. The van der Waals surface area contributed by atoms with E-state index < -0.39 is 0 Å². The fraction of sp³-hybridized carbons (Fsp3) is 0.594. The van der Waals surface area contributed by atoms with Gasteiger partial charge in [0, 0.05) is 17.0 Å². The highest BCUT2D eigenvalue weighted by Gasteiger charge is 2.25. The zero-order valence-corrected chi connectivity index (χ0v) is 42.2. The summed E-state index contributed by atoms with van der Waals surface area (Å²) < 4.78 is 0. The molecule has 4 saturated carbocycles. The van der Waals surface area contributed by atoms with Gasteiger partial charge < -0.3 is 0 Å². The van der Waals surface area contributed by atoms with Crippen molar-refractivity contribution in [3.63, 3.8) is 0 Å². The van der Waals surface area contributed by atoms with Gasteiger partial charge in [-0.1, -0.05) is 211 Å². The van der Waals surface area contributed by atoms with Crippen LogP contribution in [0.25, 0.3) is 11.1 Å². The summed E-state index contributed by atoms with van der Waals surface area (Å²) in [5.74, 6) is 14.6. The van der Waals surface area contributed by atoms with Gasteiger partial charge in [-0.05, 0) is 168 Å². The minimum Gasteiger partial charge on any atom is -0.0683 e. The quantitative estimate of drug-likeness (QED) is 0.125. The molecule has 4 fully saturated rings. The highest BCUT2D eigenvalue weighted by Crippen LogP contribution is 2.40. The monoisotopic (exact) mass is 859 g/mol. The Morgan fingerprint density at radius 1 is 0.422 bits per heavy atom. The van der Waals surface area contributed by atoms with Gasteiger partial charge in [0.1, 0.15) is 0 Å². The Kier molecular flexibility index (Phi) is 20.2. The van der Waals surface area contributed by atoms with Crippen molar-refractivity contribution in [3.8, 4) is 23.0 Å². The summed E-state index contributed by atoms with van der Waals surface area (Å²) in [6.45, 7) is 17.8. The van der Waals surface area contributed by atoms with Crippen LogP contribution in [0.2, 0.25) is 0 Å². The van der Waals surface area contributed by atoms with Crippen molar-refractivity contribution < 1.29 is 0 Å². The maximum Gasteiger partial charge on any atom is 0.0249 e. The SMILES string of the molecule is CC.CC.CC1CCC(CCc2ccc(CC3CCC(C)CC3)cc2-c2ccc(C#Cc3ccc(C(CC4CCC(C)CC4)c4ccc(CC5CCC(C)CC5)cc4)cc3)cc2)CC1. The van der Waals surface area contributed by atoms with Crippen LogP contribution in [-0.2, 0) is 19.3 Å². The highest BCUT2D eigenvalue weighted by atomic mass is 14.3. The lowest BCUT2D eigenvalue weighted by Crippen LogP contribution is -2.16. The summed E-state index contributed by atoms with van der Waals surface area (Å²) in [6.07, 6.45) is 28.7. The standard InChI is InChI=1S/C60H78.2C2H6/c1-43-5-13-47(14-6-43)23-31-57-38-30-54(40-51-17-9-45(3)10-18-51)42-60(57)56-34-26-49(27-35-56)22-21-48-24-32-55(33-25-48)59(41-53-19-11-46(4)12-20-53)58-36-28-52(29-37-58)39-50-15-7-44(2)8-16-50;2*1-2/h24-30,32-38,42-47,50-51,53,59H,5-20,23,31,39-41H2,1-4H3;2*1-2H3. The maximum atomic E-state index is 3.54. The normalized spacial score (nSPS) is 26.2. The van der Waals surface area contributed by atoms with Crippen LogP contribution in [0.3, 0.4) is 0 Å². The molecule has 0 aliphatic heterocycles. The van der Waals surface area contributed by atoms with Crippen molar-refractivity contribution in [2.24, 2.45) is 47.3 Å². The molecule has 0 bridgehead atoms. The molecular formula is C64H90. The molecule has 4 aromatic carbocycles. The van der Waals surface area contributed by atoms with E-state index in [1.165, 1.54) is 174 Å². The molecule has 4 aliphatic rings. The molecule has 0 spiro atoms. The van der Waals surface area contributed by atoms with E-state index in [2.05, 4.69) is 131 Å². The summed E-state index contributed by atoms with van der Waals surface area (Å²) in [5, 5.41) is 0. The summed E-state index contributed by atoms with van der Waals surface area (Å²) in [4.78, 5) is 0. The average molecular weight is 859 g/mol. The zero-order chi connectivity index (χ0) is 45.3. The minimum atomic E-state index is 0.448. The van der Waals surface area contributed by atoms with Crippen LogP contribution in [0, 0.1) is 59.2 Å². The van der Waals surface area contributed by atoms with Gasteiger partial charge in [0.2, 0.25) is 0 Å². The second-order valence-corrected chi connectivity index (χ2v) is 21.4. The van der Waals surface area contributed by atoms with E-state index in [0.717, 1.165) is 58.5 Å². The Bertz CT molecular complexity index is 1950. The lowest BCUT2D eigenvalue weighted by molar-refractivity contribution is 0.270. The van der Waals surface area contributed by atoms with Gasteiger partial charge in [-0.25, -0.2) is 0 Å². The molecule has 0 amide bonds. The van der Waals surface area contributed by atoms with Crippen LogP contribution in [0.5, 0.6) is 0 Å². The Labute approximate surface area is 394 Å². The molecule has 0 heteroatoms. The van der Waals surface area contributed by atoms with Gasteiger partial charge in [0.15, 0.2) is 0 Å². The van der Waals surface area contributed by atoms with Crippen molar-refractivity contribution in [1.29, 1.82) is 0 Å². The predicted molar refractivity (Wildman–Crippen MR) is 280 cm³/mol. The number of hydrogen-bond donors (Lipinski definition) is 0. The molecule has 0 saturated heterocycles. The Hall–Kier alpha value is -3.56. The van der Waals surface area contributed by atoms with Crippen molar-refractivity contribution in [2.45, 2.75) is 196 Å². The fourth-order valence-electron chi connectivity index (χ4n) is 11.9. The van der Waals surface area contributed by atoms with E-state index >= 15 is 0 Å². The molecule has 0 aromatic heterocycles. The first kappa shape index (κ1) is 49.9. The molecule has 1 atom stereocenters. The van der Waals surface area contributed by atoms with E-state index in [9.17, 15) is 0 Å². The van der Waals surface area contributed by atoms with Crippen LogP contribution in [0.15, 0.2) is 91.0 Å². The fourth-order valence-corrected chi connectivity index (χ4v) is 11.9. The third kappa shape index (κ3) is 15.0. The third-order valence-electron chi connectivity index (χ3n) is 16.4. The molecule has 0 heterocycles. The second-order valence-electron chi connectivity index (χ2n) is 21.4. The molecule has 4 aliphatic carbocycles. The second kappa shape index (κ2) is 26.0. The number of hydrogen-bond acceptors (Lipinski definition) is 0. The van der Waals surface area contributed by atoms with Crippen LogP contribution in [-0.4, -0.2) is 0 Å². The van der Waals surface area contributed by atoms with Gasteiger partial charge in [0.25, 0.3) is 0 Å². The van der Waals surface area contributed by atoms with Crippen LogP contribution < -0.4 is 0 Å². The third-order valence-corrected chi connectivity index (χ3v) is 16.4. The molecule has 0 radical (unpaired) electrons. The van der Waals surface area contributed by atoms with E-state index in [4.69, 9.17) is 0 Å². The minimum absolute atomic E-state index is 0.448. The van der Waals surface area contributed by atoms with Crippen LogP contribution >= 0.6 is 0 Å². The Morgan fingerprint density at radius 2 is 0.812 bits per heavy atom. The first-order valence-electron chi connectivity index (χ1n) is 27.2. The van der Waals surface area contributed by atoms with Crippen LogP contribution in [0.4, 0.5) is 0 Å². The zero-order valence-electron chi connectivity index (χ0n) is 42.2. The average Bonchev–Trinajstić information content (AvgIpc) is 3.34. The highest BCUT2D eigenvalue weighted by molar-refractivity contribution is 5.69. The van der Waals surface area contributed by atoms with Gasteiger partial charge in [-0.2, -0.15) is 0 Å². The van der Waals surface area contributed by atoms with Gasteiger partial charge in [-0.3, -0.25) is 0 Å². The summed E-state index contributed by atoms with van der Waals surface area (Å²) in [6, 6.07) is 35.9. The number of benzene rings is 4. The van der Waals surface area contributed by atoms with Gasteiger partial charge in [-0.15, -0.1) is 0 Å². The predicted octanol–water partition coefficient (Wildman–Crippen LogP) is 18.7. The smallest absolute Gasteiger partial charge is 0.0249 e. The molecule has 64 heavy (non-hydrogen) atoms. The van der Waals surface area contributed by atoms with Crippen LogP contribution in [0.1, 0.15) is 216 Å². The largest absolute Gasteiger partial charge is 0.0683 e. The van der Waals surface area contributed by atoms with Crippen molar-refractivity contribution in [3.05, 3.63) is 130 Å². The molecule has 0 N–H and O–H groups in total. The van der Waals surface area contributed by atoms with Gasteiger partial charge in [0.05, 0.1) is 0 Å². The molecule has 0 nitrogen and oxygen atoms in total. The Morgan fingerprint density at radius 3 is 1.30 bits per heavy atom. The lowest BCUT2D eigenvalue weighted by atomic mass is 9.75. The maximum absolute atomic E-state index is 3.54. The molecule has 4 aromatic rings. The Balaban J connectivity index is 0.00000165. The van der Waals surface area contributed by atoms with E-state index in [0.29, 0.717) is 5.92 Å². The molecular weight excluding hydrogens is 769 g/mol. The van der Waals surface area contributed by atoms with E-state index in [1.807, 2.05) is 27.7 Å². The summed E-state index contributed by atoms with van der Waals surface area (Å²) in [7, 11) is 0. The lowest BCUT2D eigenvalue weighted by Gasteiger charge is -2.30.